The number of anilines is 2. The molecular formula is C28H25FN6O. The molecule has 0 aliphatic carbocycles. The van der Waals surface area contributed by atoms with E-state index in [1.165, 1.54) is 6.07 Å². The molecule has 5 aromatic rings. The molecule has 8 heteroatoms. The van der Waals surface area contributed by atoms with Crippen molar-refractivity contribution >= 4 is 28.2 Å². The van der Waals surface area contributed by atoms with Crippen LogP contribution in [0.25, 0.3) is 16.7 Å². The minimum atomic E-state index is -0.539. The van der Waals surface area contributed by atoms with Gasteiger partial charge < -0.3 is 9.32 Å². The van der Waals surface area contributed by atoms with E-state index in [1.54, 1.807) is 16.7 Å². The van der Waals surface area contributed by atoms with Crippen molar-refractivity contribution in [3.05, 3.63) is 77.0 Å². The first-order chi connectivity index (χ1) is 17.3. The highest BCUT2D eigenvalue weighted by Crippen LogP contribution is 2.38. The van der Waals surface area contributed by atoms with Crippen LogP contribution in [0.3, 0.4) is 0 Å². The monoisotopic (exact) mass is 480 g/mol. The summed E-state index contributed by atoms with van der Waals surface area (Å²) < 4.78 is 22.8. The average molecular weight is 481 g/mol. The van der Waals surface area contributed by atoms with Gasteiger partial charge in [0.15, 0.2) is 0 Å². The van der Waals surface area contributed by atoms with Crippen LogP contribution in [0.1, 0.15) is 48.9 Å². The molecule has 7 nitrogen and oxygen atoms in total. The molecule has 4 heterocycles. The fraction of sp³-hybridized carbons (Fsp3) is 0.286. The molecule has 2 aromatic carbocycles. The van der Waals surface area contributed by atoms with Gasteiger partial charge in [-0.25, -0.2) is 9.37 Å². The summed E-state index contributed by atoms with van der Waals surface area (Å²) in [6.45, 7) is 8.43. The molecular weight excluding hydrogens is 455 g/mol. The van der Waals surface area contributed by atoms with E-state index in [4.69, 9.17) is 9.40 Å². The van der Waals surface area contributed by atoms with E-state index >= 15 is 4.39 Å². The molecule has 0 spiro atoms. The van der Waals surface area contributed by atoms with Gasteiger partial charge in [-0.1, -0.05) is 24.0 Å². The SMILES string of the molecule is Cc1cnc(C(C)(C)C#Cc2cccc3c2CCCN3c2nc3nnc(C)n3c3cccc(F)c23)o1. The van der Waals surface area contributed by atoms with Crippen LogP contribution in [0, 0.1) is 31.5 Å². The largest absolute Gasteiger partial charge is 0.444 e. The molecule has 1 aliphatic heterocycles. The lowest BCUT2D eigenvalue weighted by Gasteiger charge is -2.32. The predicted octanol–water partition coefficient (Wildman–Crippen LogP) is 5.44. The summed E-state index contributed by atoms with van der Waals surface area (Å²) in [7, 11) is 0. The molecule has 0 saturated heterocycles. The Hall–Kier alpha value is -4.25. The van der Waals surface area contributed by atoms with Crippen LogP contribution in [-0.4, -0.2) is 31.1 Å². The van der Waals surface area contributed by atoms with Crippen LogP contribution >= 0.6 is 0 Å². The van der Waals surface area contributed by atoms with Crippen molar-refractivity contribution in [1.29, 1.82) is 0 Å². The summed E-state index contributed by atoms with van der Waals surface area (Å²) >= 11 is 0. The zero-order valence-electron chi connectivity index (χ0n) is 20.6. The lowest BCUT2D eigenvalue weighted by atomic mass is 9.92. The highest BCUT2D eigenvalue weighted by molar-refractivity contribution is 5.94. The number of fused-ring (bicyclic) bond motifs is 4. The van der Waals surface area contributed by atoms with Gasteiger partial charge in [-0.2, -0.15) is 4.98 Å². The number of hydrogen-bond donors (Lipinski definition) is 0. The van der Waals surface area contributed by atoms with Crippen molar-refractivity contribution in [1.82, 2.24) is 24.6 Å². The number of aryl methyl sites for hydroxylation is 2. The second-order valence-electron chi connectivity index (χ2n) is 9.66. The maximum atomic E-state index is 15.3. The first-order valence-electron chi connectivity index (χ1n) is 12.0. The van der Waals surface area contributed by atoms with E-state index in [0.717, 1.165) is 35.4 Å². The van der Waals surface area contributed by atoms with Crippen LogP contribution in [0.5, 0.6) is 0 Å². The van der Waals surface area contributed by atoms with E-state index in [0.29, 0.717) is 40.8 Å². The summed E-state index contributed by atoms with van der Waals surface area (Å²) in [5.74, 6) is 9.43. The summed E-state index contributed by atoms with van der Waals surface area (Å²) in [6.07, 6.45) is 3.48. The van der Waals surface area contributed by atoms with Crippen molar-refractivity contribution in [2.24, 2.45) is 0 Å². The molecule has 3 aromatic heterocycles. The Bertz CT molecular complexity index is 1700. The van der Waals surface area contributed by atoms with Gasteiger partial charge in [0.1, 0.15) is 28.6 Å². The predicted molar refractivity (Wildman–Crippen MR) is 136 cm³/mol. The molecule has 0 bridgehead atoms. The molecule has 0 saturated carbocycles. The molecule has 1 aliphatic rings. The highest BCUT2D eigenvalue weighted by Gasteiger charge is 2.27. The first-order valence-corrected chi connectivity index (χ1v) is 12.0. The van der Waals surface area contributed by atoms with Crippen LogP contribution in [0.4, 0.5) is 15.9 Å². The molecule has 0 atom stereocenters. The Labute approximate surface area is 208 Å². The van der Waals surface area contributed by atoms with E-state index in [1.807, 2.05) is 45.9 Å². The lowest BCUT2D eigenvalue weighted by Crippen LogP contribution is -2.26. The van der Waals surface area contributed by atoms with Gasteiger partial charge in [-0.15, -0.1) is 10.2 Å². The van der Waals surface area contributed by atoms with Gasteiger partial charge in [-0.05, 0) is 70.4 Å². The zero-order chi connectivity index (χ0) is 25.0. The maximum absolute atomic E-state index is 15.3. The quantitative estimate of drug-likeness (QED) is 0.314. The fourth-order valence-corrected chi connectivity index (χ4v) is 4.85. The summed E-state index contributed by atoms with van der Waals surface area (Å²) in [5, 5.41) is 8.86. The van der Waals surface area contributed by atoms with E-state index in [2.05, 4.69) is 38.0 Å². The Kier molecular flexibility index (Phi) is 5.04. The smallest absolute Gasteiger partial charge is 0.257 e. The molecule has 0 fully saturated rings. The molecule has 0 amide bonds. The fourth-order valence-electron chi connectivity index (χ4n) is 4.85. The van der Waals surface area contributed by atoms with Gasteiger partial charge in [0, 0.05) is 17.8 Å². The van der Waals surface area contributed by atoms with Crippen molar-refractivity contribution in [2.75, 3.05) is 11.4 Å². The van der Waals surface area contributed by atoms with Crippen molar-refractivity contribution in [3.63, 3.8) is 0 Å². The van der Waals surface area contributed by atoms with Crippen molar-refractivity contribution in [3.8, 4) is 11.8 Å². The third-order valence-corrected chi connectivity index (χ3v) is 6.64. The number of halogens is 1. The highest BCUT2D eigenvalue weighted by atomic mass is 19.1. The van der Waals surface area contributed by atoms with E-state index in [-0.39, 0.29) is 5.82 Å². The number of oxazole rings is 1. The van der Waals surface area contributed by atoms with Gasteiger partial charge in [0.2, 0.25) is 5.89 Å². The minimum absolute atomic E-state index is 0.323. The number of benzene rings is 2. The first kappa shape index (κ1) is 22.2. The Morgan fingerprint density at radius 1 is 1.08 bits per heavy atom. The van der Waals surface area contributed by atoms with Crippen molar-refractivity contribution in [2.45, 2.75) is 46.0 Å². The topological polar surface area (TPSA) is 72.4 Å². The normalized spacial score (nSPS) is 13.6. The van der Waals surface area contributed by atoms with E-state index in [9.17, 15) is 0 Å². The average Bonchev–Trinajstić information content (AvgIpc) is 3.48. The molecule has 0 radical (unpaired) electrons. The molecule has 0 N–H and O–H groups in total. The molecule has 36 heavy (non-hydrogen) atoms. The van der Waals surface area contributed by atoms with Crippen molar-refractivity contribution < 1.29 is 8.81 Å². The van der Waals surface area contributed by atoms with Crippen LogP contribution in [-0.2, 0) is 11.8 Å². The Balaban J connectivity index is 1.49. The van der Waals surface area contributed by atoms with Gasteiger partial charge in [-0.3, -0.25) is 4.40 Å². The third-order valence-electron chi connectivity index (χ3n) is 6.64. The lowest BCUT2D eigenvalue weighted by molar-refractivity contribution is 0.413. The van der Waals surface area contributed by atoms with Gasteiger partial charge in [0.05, 0.1) is 17.1 Å². The van der Waals surface area contributed by atoms with Crippen LogP contribution in [0.15, 0.2) is 47.0 Å². The third kappa shape index (κ3) is 3.51. The number of aromatic nitrogens is 5. The maximum Gasteiger partial charge on any atom is 0.257 e. The standard InChI is InChI=1S/C28H25FN6O/c1-17-16-30-26(36-17)28(3,4)14-13-19-8-5-11-22-20(19)9-7-15-34(22)25-24-21(29)10-6-12-23(24)35-18(2)32-33-27(35)31-25/h5-6,8,10-12,16H,7,9,15H2,1-4H3. The Morgan fingerprint density at radius 3 is 2.72 bits per heavy atom. The molecule has 180 valence electrons. The number of rotatable bonds is 2. The summed E-state index contributed by atoms with van der Waals surface area (Å²) in [4.78, 5) is 11.2. The van der Waals surface area contributed by atoms with Crippen LogP contribution in [0.2, 0.25) is 0 Å². The number of hydrogen-bond acceptors (Lipinski definition) is 6. The van der Waals surface area contributed by atoms with Gasteiger partial charge in [0.25, 0.3) is 5.78 Å². The summed E-state index contributed by atoms with van der Waals surface area (Å²) in [5.41, 5.74) is 3.21. The second-order valence-corrected chi connectivity index (χ2v) is 9.66. The Morgan fingerprint density at radius 2 is 1.92 bits per heavy atom. The molecule has 6 rings (SSSR count). The zero-order valence-corrected chi connectivity index (χ0v) is 20.6. The second kappa shape index (κ2) is 8.16. The molecule has 0 unspecified atom stereocenters. The van der Waals surface area contributed by atoms with E-state index < -0.39 is 5.41 Å². The minimum Gasteiger partial charge on any atom is -0.444 e. The van der Waals surface area contributed by atoms with Crippen LogP contribution < -0.4 is 4.90 Å². The van der Waals surface area contributed by atoms with Gasteiger partial charge >= 0.3 is 0 Å². The summed E-state index contributed by atoms with van der Waals surface area (Å²) in [6, 6.07) is 11.1. The number of nitrogens with zero attached hydrogens (tertiary/aromatic N) is 6.